The van der Waals surface area contributed by atoms with Crippen LogP contribution in [0.2, 0.25) is 0 Å². The first-order chi connectivity index (χ1) is 18.1. The van der Waals surface area contributed by atoms with Crippen LogP contribution in [0.4, 0.5) is 0 Å². The van der Waals surface area contributed by atoms with Gasteiger partial charge < -0.3 is 24.7 Å². The van der Waals surface area contributed by atoms with Gasteiger partial charge in [0.15, 0.2) is 0 Å². The van der Waals surface area contributed by atoms with Crippen LogP contribution >= 0.6 is 19.4 Å². The number of carbonyl (C=O) groups excluding carboxylic acids is 3. The summed E-state index contributed by atoms with van der Waals surface area (Å²) in [5, 5.41) is 17.9. The average Bonchev–Trinajstić information content (AvgIpc) is 2.87. The fourth-order valence-electron chi connectivity index (χ4n) is 3.74. The molecule has 0 aromatic carbocycles. The summed E-state index contributed by atoms with van der Waals surface area (Å²) in [6, 6.07) is 0. The number of ether oxygens (including phenoxy) is 1. The monoisotopic (exact) mass is 587 g/mol. The summed E-state index contributed by atoms with van der Waals surface area (Å²) < 4.78 is 26.9. The fourth-order valence-corrected chi connectivity index (χ4v) is 4.83. The Hall–Kier alpha value is -2.37. The van der Waals surface area contributed by atoms with Gasteiger partial charge >= 0.3 is 13.8 Å². The minimum absolute atomic E-state index is 0.0156. The zero-order valence-corrected chi connectivity index (χ0v) is 24.2. The first-order valence-electron chi connectivity index (χ1n) is 12.3. The molecule has 13 heteroatoms. The van der Waals surface area contributed by atoms with Crippen LogP contribution in [0.5, 0.6) is 0 Å². The first-order valence-corrected chi connectivity index (χ1v) is 14.2. The van der Waals surface area contributed by atoms with Gasteiger partial charge in [-0.2, -0.15) is 0 Å². The summed E-state index contributed by atoms with van der Waals surface area (Å²) in [5.74, 6) is -2.10. The molecule has 1 aliphatic heterocycles. The Bertz CT molecular complexity index is 1190. The molecule has 1 heterocycles. The van der Waals surface area contributed by atoms with Gasteiger partial charge in [0.1, 0.15) is 6.10 Å². The number of Topliss-reactive ketones (excluding diaryl/α,β-unsaturated/α-hetero) is 2. The maximum atomic E-state index is 13.3. The van der Waals surface area contributed by atoms with E-state index in [0.29, 0.717) is 11.6 Å². The zero-order chi connectivity index (χ0) is 29.5. The van der Waals surface area contributed by atoms with Crippen LogP contribution in [0.25, 0.3) is 0 Å². The van der Waals surface area contributed by atoms with Crippen LogP contribution in [0.3, 0.4) is 0 Å². The lowest BCUT2D eigenvalue weighted by Gasteiger charge is -2.35. The number of aliphatic hydroxyl groups excluding tert-OH is 2. The molecule has 0 saturated heterocycles. The summed E-state index contributed by atoms with van der Waals surface area (Å²) in [4.78, 5) is 49.4. The highest BCUT2D eigenvalue weighted by atomic mass is 35.5. The molecule has 2 rings (SSSR count). The summed E-state index contributed by atoms with van der Waals surface area (Å²) >= 11 is 6.37. The van der Waals surface area contributed by atoms with E-state index < -0.39 is 50.3 Å². The predicted octanol–water partition coefficient (Wildman–Crippen LogP) is 3.07. The van der Waals surface area contributed by atoms with Crippen molar-refractivity contribution in [3.63, 3.8) is 0 Å². The second-order valence-electron chi connectivity index (χ2n) is 9.38. The van der Waals surface area contributed by atoms with Crippen LogP contribution in [0.15, 0.2) is 58.0 Å². The molecule has 0 saturated carbocycles. The van der Waals surface area contributed by atoms with E-state index in [1.807, 2.05) is 13.0 Å². The molecule has 0 fully saturated rings. The van der Waals surface area contributed by atoms with E-state index in [2.05, 4.69) is 24.4 Å². The van der Waals surface area contributed by atoms with Crippen LogP contribution < -0.4 is 0 Å². The van der Waals surface area contributed by atoms with Crippen molar-refractivity contribution in [3.8, 4) is 0 Å². The standard InChI is InChI=1S/C26H35ClNO10P/c1-6-16(2)11-17(3)7-8-19-12-21-22(24(32)26(5,38-18(4)30)25(33)23(21)27)13-28(19)9-10-36-39(34,35)37-15-20(31)14-29/h7-8,11-13,16,20,29,31H,6,9-10,14-15H2,1-5H3,(H,34,35)/b8-7+,17-11+/t16-,20?,26+/m0/s1. The third-order valence-corrected chi connectivity index (χ3v) is 7.39. The van der Waals surface area contributed by atoms with Crippen molar-refractivity contribution < 1.29 is 47.8 Å². The molecular formula is C26H35ClNO10P. The van der Waals surface area contributed by atoms with E-state index in [0.717, 1.165) is 18.9 Å². The number of allylic oxidation sites excluding steroid dienone is 6. The number of phosphoric ester groups is 1. The van der Waals surface area contributed by atoms with Gasteiger partial charge in [0.25, 0.3) is 0 Å². The van der Waals surface area contributed by atoms with Crippen LogP contribution in [-0.2, 0) is 32.7 Å². The number of ketones is 2. The molecule has 39 heavy (non-hydrogen) atoms. The van der Waals surface area contributed by atoms with Gasteiger partial charge in [0, 0.05) is 36.5 Å². The largest absolute Gasteiger partial charge is 0.472 e. The van der Waals surface area contributed by atoms with E-state index in [9.17, 15) is 28.9 Å². The van der Waals surface area contributed by atoms with Gasteiger partial charge in [0.05, 0.1) is 24.9 Å². The molecule has 2 aliphatic rings. The Morgan fingerprint density at radius 2 is 1.92 bits per heavy atom. The van der Waals surface area contributed by atoms with Gasteiger partial charge in [-0.1, -0.05) is 49.6 Å². The maximum absolute atomic E-state index is 13.3. The van der Waals surface area contributed by atoms with E-state index in [1.165, 1.54) is 19.2 Å². The summed E-state index contributed by atoms with van der Waals surface area (Å²) in [7, 11) is -4.56. The second kappa shape index (κ2) is 13.8. The number of halogens is 1. The molecule has 216 valence electrons. The van der Waals surface area contributed by atoms with Gasteiger partial charge in [-0.05, 0) is 31.9 Å². The van der Waals surface area contributed by atoms with Gasteiger partial charge in [-0.15, -0.1) is 0 Å². The van der Waals surface area contributed by atoms with E-state index in [4.69, 9.17) is 26.0 Å². The minimum Gasteiger partial charge on any atom is -0.443 e. The Balaban J connectivity index is 2.42. The normalized spacial score (nSPS) is 23.3. The van der Waals surface area contributed by atoms with Crippen LogP contribution in [0, 0.1) is 5.92 Å². The van der Waals surface area contributed by atoms with Crippen molar-refractivity contribution in [1.29, 1.82) is 0 Å². The quantitative estimate of drug-likeness (QED) is 0.126. The molecular weight excluding hydrogens is 553 g/mol. The topological polar surface area (TPSA) is 160 Å². The number of hydrogen-bond donors (Lipinski definition) is 3. The van der Waals surface area contributed by atoms with Gasteiger partial charge in [-0.25, -0.2) is 4.57 Å². The lowest BCUT2D eigenvalue weighted by Crippen LogP contribution is -2.52. The third kappa shape index (κ3) is 8.56. The smallest absolute Gasteiger partial charge is 0.443 e. The number of hydrogen-bond acceptors (Lipinski definition) is 10. The Morgan fingerprint density at radius 1 is 1.26 bits per heavy atom. The summed E-state index contributed by atoms with van der Waals surface area (Å²) in [5.41, 5.74) is -0.509. The fraction of sp³-hybridized carbons (Fsp3) is 0.500. The zero-order valence-electron chi connectivity index (χ0n) is 22.5. The second-order valence-corrected chi connectivity index (χ2v) is 11.2. The number of fused-ring (bicyclic) bond motifs is 1. The molecule has 0 radical (unpaired) electrons. The van der Waals surface area contributed by atoms with E-state index >= 15 is 0 Å². The van der Waals surface area contributed by atoms with Crippen molar-refractivity contribution in [1.82, 2.24) is 4.90 Å². The van der Waals surface area contributed by atoms with Crippen molar-refractivity contribution in [2.45, 2.75) is 52.7 Å². The molecule has 0 bridgehead atoms. The molecule has 0 spiro atoms. The Labute approximate surface area is 232 Å². The molecule has 2 unspecified atom stereocenters. The number of carbonyl (C=O) groups is 3. The molecule has 11 nitrogen and oxygen atoms in total. The number of phosphoric acid groups is 1. The minimum atomic E-state index is -4.56. The number of aliphatic hydroxyl groups is 2. The Kier molecular flexibility index (Phi) is 11.6. The molecule has 3 N–H and O–H groups in total. The molecule has 0 aromatic rings. The van der Waals surface area contributed by atoms with Crippen molar-refractivity contribution in [3.05, 3.63) is 58.0 Å². The molecule has 0 amide bonds. The highest BCUT2D eigenvalue weighted by molar-refractivity contribution is 7.47. The summed E-state index contributed by atoms with van der Waals surface area (Å²) in [6.07, 6.45) is 8.19. The lowest BCUT2D eigenvalue weighted by molar-refractivity contribution is -0.167. The average molecular weight is 588 g/mol. The molecule has 4 atom stereocenters. The van der Waals surface area contributed by atoms with Crippen molar-refractivity contribution in [2.75, 3.05) is 26.4 Å². The third-order valence-electron chi connectivity index (χ3n) is 6.03. The molecule has 0 aromatic heterocycles. The number of nitrogens with zero attached hydrogens (tertiary/aromatic N) is 1. The summed E-state index contributed by atoms with van der Waals surface area (Å²) in [6.45, 7) is 6.66. The Morgan fingerprint density at radius 3 is 2.51 bits per heavy atom. The maximum Gasteiger partial charge on any atom is 0.472 e. The van der Waals surface area contributed by atoms with Crippen LogP contribution in [-0.4, -0.2) is 75.6 Å². The van der Waals surface area contributed by atoms with Gasteiger partial charge in [-0.3, -0.25) is 23.4 Å². The SMILES string of the molecule is CC[C@H](C)/C=C(C)/C=C/C1=CC2=C(Cl)C(=O)[C@](C)(OC(C)=O)C(=O)C2=CN1CCOP(=O)(O)OCC(O)CO. The van der Waals surface area contributed by atoms with Crippen molar-refractivity contribution in [2.24, 2.45) is 5.92 Å². The van der Waals surface area contributed by atoms with Crippen LogP contribution in [0.1, 0.15) is 41.0 Å². The number of rotatable bonds is 13. The lowest BCUT2D eigenvalue weighted by atomic mass is 9.79. The predicted molar refractivity (Wildman–Crippen MR) is 143 cm³/mol. The highest BCUT2D eigenvalue weighted by Gasteiger charge is 2.52. The first kappa shape index (κ1) is 32.8. The van der Waals surface area contributed by atoms with Gasteiger partial charge in [0.2, 0.25) is 17.2 Å². The van der Waals surface area contributed by atoms with E-state index in [1.54, 1.807) is 11.0 Å². The van der Waals surface area contributed by atoms with Crippen molar-refractivity contribution >= 4 is 37.0 Å². The highest BCUT2D eigenvalue weighted by Crippen LogP contribution is 2.43. The van der Waals surface area contributed by atoms with E-state index in [-0.39, 0.29) is 29.3 Å². The molecule has 1 aliphatic carbocycles. The number of esters is 1.